The number of aromatic nitrogens is 1. The van der Waals surface area contributed by atoms with Crippen molar-refractivity contribution in [2.45, 2.75) is 19.3 Å². The molecule has 1 aliphatic heterocycles. The SMILES string of the molecule is CNc1ncc(Br)cc1C(=O)NN1CCCCC1. The molecule has 0 saturated carbocycles. The number of hydrogen-bond acceptors (Lipinski definition) is 4. The van der Waals surface area contributed by atoms with E-state index in [1.807, 2.05) is 5.01 Å². The van der Waals surface area contributed by atoms with E-state index in [4.69, 9.17) is 0 Å². The zero-order valence-corrected chi connectivity index (χ0v) is 12.0. The van der Waals surface area contributed by atoms with E-state index in [0.29, 0.717) is 11.4 Å². The van der Waals surface area contributed by atoms with Crippen LogP contribution >= 0.6 is 15.9 Å². The Labute approximate surface area is 115 Å². The minimum absolute atomic E-state index is 0.116. The van der Waals surface area contributed by atoms with Crippen LogP contribution in [-0.2, 0) is 0 Å². The first-order valence-corrected chi connectivity index (χ1v) is 6.89. The largest absolute Gasteiger partial charge is 0.372 e. The van der Waals surface area contributed by atoms with Crippen LogP contribution in [0, 0.1) is 0 Å². The topological polar surface area (TPSA) is 57.3 Å². The summed E-state index contributed by atoms with van der Waals surface area (Å²) in [5, 5.41) is 4.91. The van der Waals surface area contributed by atoms with Crippen molar-refractivity contribution in [3.8, 4) is 0 Å². The van der Waals surface area contributed by atoms with Gasteiger partial charge in [-0.3, -0.25) is 10.2 Å². The fraction of sp³-hybridized carbons (Fsp3) is 0.500. The average Bonchev–Trinajstić information content (AvgIpc) is 2.40. The Morgan fingerprint density at radius 2 is 2.11 bits per heavy atom. The number of piperidine rings is 1. The molecule has 6 heteroatoms. The number of carbonyl (C=O) groups is 1. The number of rotatable bonds is 3. The molecule has 0 spiro atoms. The molecule has 0 bridgehead atoms. The molecule has 2 N–H and O–H groups in total. The minimum Gasteiger partial charge on any atom is -0.372 e. The summed E-state index contributed by atoms with van der Waals surface area (Å²) in [6, 6.07) is 1.78. The van der Waals surface area contributed by atoms with Gasteiger partial charge in [0.2, 0.25) is 0 Å². The van der Waals surface area contributed by atoms with Crippen molar-refractivity contribution in [3.05, 3.63) is 22.3 Å². The van der Waals surface area contributed by atoms with E-state index in [-0.39, 0.29) is 5.91 Å². The Hall–Kier alpha value is -1.14. The Morgan fingerprint density at radius 1 is 1.39 bits per heavy atom. The van der Waals surface area contributed by atoms with Gasteiger partial charge in [-0.05, 0) is 34.8 Å². The minimum atomic E-state index is -0.116. The standard InChI is InChI=1S/C12H17BrN4O/c1-14-11-10(7-9(13)8-15-11)12(18)16-17-5-3-2-4-6-17/h7-8H,2-6H2,1H3,(H,14,15)(H,16,18). The Bertz CT molecular complexity index is 432. The highest BCUT2D eigenvalue weighted by Gasteiger charge is 2.17. The molecule has 0 unspecified atom stereocenters. The van der Waals surface area contributed by atoms with Gasteiger partial charge in [0.1, 0.15) is 5.82 Å². The Morgan fingerprint density at radius 3 is 2.78 bits per heavy atom. The Kier molecular flexibility index (Phi) is 4.54. The maximum atomic E-state index is 12.2. The second-order valence-electron chi connectivity index (χ2n) is 4.29. The average molecular weight is 313 g/mol. The molecule has 1 aliphatic rings. The van der Waals surface area contributed by atoms with E-state index >= 15 is 0 Å². The number of nitrogens with zero attached hydrogens (tertiary/aromatic N) is 2. The molecule has 1 aromatic heterocycles. The van der Waals surface area contributed by atoms with E-state index in [1.165, 1.54) is 6.42 Å². The molecule has 18 heavy (non-hydrogen) atoms. The summed E-state index contributed by atoms with van der Waals surface area (Å²) >= 11 is 3.34. The van der Waals surface area contributed by atoms with Crippen LogP contribution in [0.1, 0.15) is 29.6 Å². The van der Waals surface area contributed by atoms with Crippen molar-refractivity contribution < 1.29 is 4.79 Å². The number of anilines is 1. The van der Waals surface area contributed by atoms with Crippen LogP contribution in [0.25, 0.3) is 0 Å². The third kappa shape index (κ3) is 3.20. The monoisotopic (exact) mass is 312 g/mol. The summed E-state index contributed by atoms with van der Waals surface area (Å²) in [6.07, 6.45) is 5.18. The smallest absolute Gasteiger partial charge is 0.269 e. The third-order valence-corrected chi connectivity index (χ3v) is 3.39. The zero-order valence-electron chi connectivity index (χ0n) is 10.4. The van der Waals surface area contributed by atoms with Crippen molar-refractivity contribution in [1.29, 1.82) is 0 Å². The maximum absolute atomic E-state index is 12.2. The number of hydrogen-bond donors (Lipinski definition) is 2. The van der Waals surface area contributed by atoms with E-state index in [1.54, 1.807) is 19.3 Å². The van der Waals surface area contributed by atoms with Gasteiger partial charge in [-0.25, -0.2) is 9.99 Å². The number of nitrogens with one attached hydrogen (secondary N) is 2. The quantitative estimate of drug-likeness (QED) is 0.896. The molecule has 0 radical (unpaired) electrons. The summed E-state index contributed by atoms with van der Waals surface area (Å²) in [5.41, 5.74) is 3.48. The molecule has 5 nitrogen and oxygen atoms in total. The van der Waals surface area contributed by atoms with Gasteiger partial charge in [-0.2, -0.15) is 0 Å². The fourth-order valence-electron chi connectivity index (χ4n) is 2.02. The lowest BCUT2D eigenvalue weighted by atomic mass is 10.2. The summed E-state index contributed by atoms with van der Waals surface area (Å²) in [7, 11) is 1.76. The van der Waals surface area contributed by atoms with Crippen LogP contribution in [0.5, 0.6) is 0 Å². The van der Waals surface area contributed by atoms with Crippen molar-refractivity contribution in [2.75, 3.05) is 25.5 Å². The van der Waals surface area contributed by atoms with Crippen molar-refractivity contribution in [1.82, 2.24) is 15.4 Å². The molecule has 1 fully saturated rings. The number of amides is 1. The number of hydrazine groups is 1. The van der Waals surface area contributed by atoms with Gasteiger partial charge < -0.3 is 5.32 Å². The molecule has 2 rings (SSSR count). The second kappa shape index (κ2) is 6.15. The van der Waals surface area contributed by atoms with Crippen molar-refractivity contribution in [3.63, 3.8) is 0 Å². The first-order valence-electron chi connectivity index (χ1n) is 6.10. The van der Waals surface area contributed by atoms with Crippen molar-refractivity contribution >= 4 is 27.7 Å². The second-order valence-corrected chi connectivity index (χ2v) is 5.20. The van der Waals surface area contributed by atoms with Gasteiger partial charge in [0, 0.05) is 30.8 Å². The number of carbonyl (C=O) groups excluding carboxylic acids is 1. The Balaban J connectivity index is 2.09. The summed E-state index contributed by atoms with van der Waals surface area (Å²) in [6.45, 7) is 1.84. The number of halogens is 1. The molecule has 0 aromatic carbocycles. The highest BCUT2D eigenvalue weighted by Crippen LogP contribution is 2.18. The first kappa shape index (κ1) is 13.3. The zero-order chi connectivity index (χ0) is 13.0. The lowest BCUT2D eigenvalue weighted by Gasteiger charge is -2.27. The summed E-state index contributed by atoms with van der Waals surface area (Å²) in [4.78, 5) is 16.4. The number of pyridine rings is 1. The van der Waals surface area contributed by atoms with Gasteiger partial charge in [0.15, 0.2) is 0 Å². The van der Waals surface area contributed by atoms with E-state index in [9.17, 15) is 4.79 Å². The van der Waals surface area contributed by atoms with Crippen LogP contribution in [0.3, 0.4) is 0 Å². The van der Waals surface area contributed by atoms with Gasteiger partial charge in [-0.1, -0.05) is 6.42 Å². The van der Waals surface area contributed by atoms with Gasteiger partial charge >= 0.3 is 0 Å². The predicted octanol–water partition coefficient (Wildman–Crippen LogP) is 2.02. The summed E-state index contributed by atoms with van der Waals surface area (Å²) in [5.74, 6) is 0.475. The molecule has 2 heterocycles. The predicted molar refractivity (Wildman–Crippen MR) is 74.4 cm³/mol. The van der Waals surface area contributed by atoms with Crippen LogP contribution in [0.4, 0.5) is 5.82 Å². The molecule has 1 amide bonds. The molecule has 98 valence electrons. The van der Waals surface area contributed by atoms with Crippen LogP contribution in [-0.4, -0.2) is 36.0 Å². The normalized spacial score (nSPS) is 16.3. The van der Waals surface area contributed by atoms with E-state index < -0.39 is 0 Å². The highest BCUT2D eigenvalue weighted by molar-refractivity contribution is 9.10. The molecular formula is C12H17BrN4O. The maximum Gasteiger partial charge on any atom is 0.269 e. The molecule has 1 aromatic rings. The van der Waals surface area contributed by atoms with Gasteiger partial charge in [0.25, 0.3) is 5.91 Å². The molecular weight excluding hydrogens is 296 g/mol. The first-order chi connectivity index (χ1) is 8.70. The summed E-state index contributed by atoms with van der Waals surface area (Å²) < 4.78 is 0.797. The van der Waals surface area contributed by atoms with E-state index in [0.717, 1.165) is 30.4 Å². The fourth-order valence-corrected chi connectivity index (χ4v) is 2.35. The van der Waals surface area contributed by atoms with Crippen LogP contribution in [0.2, 0.25) is 0 Å². The lowest BCUT2D eigenvalue weighted by Crippen LogP contribution is -2.45. The van der Waals surface area contributed by atoms with Crippen LogP contribution in [0.15, 0.2) is 16.7 Å². The molecule has 1 saturated heterocycles. The van der Waals surface area contributed by atoms with Crippen molar-refractivity contribution in [2.24, 2.45) is 0 Å². The lowest BCUT2D eigenvalue weighted by molar-refractivity contribution is 0.0750. The molecule has 0 aliphatic carbocycles. The highest BCUT2D eigenvalue weighted by atomic mass is 79.9. The van der Waals surface area contributed by atoms with Crippen LogP contribution < -0.4 is 10.7 Å². The molecule has 0 atom stereocenters. The third-order valence-electron chi connectivity index (χ3n) is 2.95. The van der Waals surface area contributed by atoms with E-state index in [2.05, 4.69) is 31.7 Å². The van der Waals surface area contributed by atoms with Gasteiger partial charge in [-0.15, -0.1) is 0 Å². The van der Waals surface area contributed by atoms with Gasteiger partial charge in [0.05, 0.1) is 5.56 Å².